The third kappa shape index (κ3) is 1.23. The van der Waals surface area contributed by atoms with Crippen molar-refractivity contribution >= 4 is 0 Å². The third-order valence-corrected chi connectivity index (χ3v) is 1.42. The van der Waals surface area contributed by atoms with Crippen LogP contribution in [0, 0.1) is 0 Å². The molecule has 0 unspecified atom stereocenters. The second-order valence-electron chi connectivity index (χ2n) is 2.04. The standard InChI is InChI=1S/C6H11NO/c8-5-3-6-2-1-4-7-6/h3,5-8H,1-2,4H2/b5-3+/t6-/m0/s1. The Morgan fingerprint density at radius 3 is 3.00 bits per heavy atom. The summed E-state index contributed by atoms with van der Waals surface area (Å²) in [5.74, 6) is 0. The van der Waals surface area contributed by atoms with E-state index < -0.39 is 0 Å². The largest absolute Gasteiger partial charge is 0.516 e. The molecule has 46 valence electrons. The Labute approximate surface area is 49.2 Å². The molecule has 0 spiro atoms. The number of hydrogen-bond donors (Lipinski definition) is 2. The van der Waals surface area contributed by atoms with Crippen molar-refractivity contribution in [2.45, 2.75) is 18.9 Å². The fourth-order valence-corrected chi connectivity index (χ4v) is 0.980. The van der Waals surface area contributed by atoms with E-state index in [1.807, 2.05) is 0 Å². The Morgan fingerprint density at radius 1 is 1.62 bits per heavy atom. The maximum atomic E-state index is 8.31. The summed E-state index contributed by atoms with van der Waals surface area (Å²) in [4.78, 5) is 0. The zero-order chi connectivity index (χ0) is 5.82. The Kier molecular flexibility index (Phi) is 1.92. The molecule has 1 aliphatic rings. The molecule has 0 saturated carbocycles. The first-order chi connectivity index (χ1) is 3.93. The first-order valence-electron chi connectivity index (χ1n) is 2.98. The minimum Gasteiger partial charge on any atom is -0.516 e. The average molecular weight is 113 g/mol. The van der Waals surface area contributed by atoms with Gasteiger partial charge >= 0.3 is 0 Å². The van der Waals surface area contributed by atoms with Crippen molar-refractivity contribution in [3.63, 3.8) is 0 Å². The van der Waals surface area contributed by atoms with Gasteiger partial charge in [0.25, 0.3) is 0 Å². The topological polar surface area (TPSA) is 32.3 Å². The van der Waals surface area contributed by atoms with E-state index >= 15 is 0 Å². The first kappa shape index (κ1) is 5.63. The second-order valence-corrected chi connectivity index (χ2v) is 2.04. The maximum absolute atomic E-state index is 8.31. The Hall–Kier alpha value is -0.500. The van der Waals surface area contributed by atoms with Gasteiger partial charge in [-0.3, -0.25) is 0 Å². The van der Waals surface area contributed by atoms with Gasteiger partial charge < -0.3 is 10.4 Å². The number of hydrogen-bond acceptors (Lipinski definition) is 2. The highest BCUT2D eigenvalue weighted by Gasteiger charge is 2.08. The van der Waals surface area contributed by atoms with Crippen molar-refractivity contribution in [3.8, 4) is 0 Å². The fraction of sp³-hybridized carbons (Fsp3) is 0.667. The van der Waals surface area contributed by atoms with Crippen LogP contribution in [0.3, 0.4) is 0 Å². The van der Waals surface area contributed by atoms with Gasteiger partial charge in [-0.15, -0.1) is 0 Å². The van der Waals surface area contributed by atoms with Crippen LogP contribution >= 0.6 is 0 Å². The molecule has 2 heteroatoms. The molecule has 0 radical (unpaired) electrons. The van der Waals surface area contributed by atoms with Crippen LogP contribution in [0.15, 0.2) is 12.3 Å². The summed E-state index contributed by atoms with van der Waals surface area (Å²) in [6, 6.07) is 0.431. The van der Waals surface area contributed by atoms with Gasteiger partial charge in [0.1, 0.15) is 0 Å². The van der Waals surface area contributed by atoms with Crippen molar-refractivity contribution in [3.05, 3.63) is 12.3 Å². The lowest BCUT2D eigenvalue weighted by atomic mass is 10.2. The molecule has 0 bridgehead atoms. The zero-order valence-electron chi connectivity index (χ0n) is 4.80. The van der Waals surface area contributed by atoms with Crippen LogP contribution in [0.1, 0.15) is 12.8 Å². The van der Waals surface area contributed by atoms with Gasteiger partial charge in [-0.1, -0.05) is 0 Å². The van der Waals surface area contributed by atoms with Gasteiger partial charge in [0.05, 0.1) is 6.26 Å². The molecule has 1 heterocycles. The van der Waals surface area contributed by atoms with Crippen LogP contribution in [-0.2, 0) is 0 Å². The van der Waals surface area contributed by atoms with Crippen molar-refractivity contribution in [1.29, 1.82) is 0 Å². The molecule has 8 heavy (non-hydrogen) atoms. The number of aliphatic hydroxyl groups is 1. The highest BCUT2D eigenvalue weighted by Crippen LogP contribution is 2.04. The molecule has 1 aliphatic heterocycles. The van der Waals surface area contributed by atoms with E-state index in [-0.39, 0.29) is 0 Å². The monoisotopic (exact) mass is 113 g/mol. The van der Waals surface area contributed by atoms with E-state index in [1.165, 1.54) is 6.42 Å². The van der Waals surface area contributed by atoms with Crippen LogP contribution in [0.5, 0.6) is 0 Å². The van der Waals surface area contributed by atoms with Gasteiger partial charge in [-0.05, 0) is 25.5 Å². The van der Waals surface area contributed by atoms with Crippen LogP contribution in [0.2, 0.25) is 0 Å². The van der Waals surface area contributed by atoms with Crippen molar-refractivity contribution < 1.29 is 5.11 Å². The first-order valence-corrected chi connectivity index (χ1v) is 2.98. The molecule has 1 fully saturated rings. The van der Waals surface area contributed by atoms with Crippen LogP contribution in [-0.4, -0.2) is 17.7 Å². The van der Waals surface area contributed by atoms with Gasteiger partial charge in [0.15, 0.2) is 0 Å². The summed E-state index contributed by atoms with van der Waals surface area (Å²) in [6.07, 6.45) is 5.29. The lowest BCUT2D eigenvalue weighted by molar-refractivity contribution is 0.467. The van der Waals surface area contributed by atoms with Gasteiger partial charge in [0, 0.05) is 6.04 Å². The number of aliphatic hydroxyl groups excluding tert-OH is 1. The number of rotatable bonds is 1. The Morgan fingerprint density at radius 2 is 2.50 bits per heavy atom. The van der Waals surface area contributed by atoms with Crippen molar-refractivity contribution in [2.24, 2.45) is 0 Å². The van der Waals surface area contributed by atoms with E-state index in [0.29, 0.717) is 6.04 Å². The summed E-state index contributed by atoms with van der Waals surface area (Å²) in [6.45, 7) is 1.09. The quantitative estimate of drug-likeness (QED) is 0.493. The molecule has 0 aromatic rings. The summed E-state index contributed by atoms with van der Waals surface area (Å²) >= 11 is 0. The molecule has 1 saturated heterocycles. The van der Waals surface area contributed by atoms with E-state index in [4.69, 9.17) is 5.11 Å². The minimum atomic E-state index is 0.431. The molecular formula is C6H11NO. The van der Waals surface area contributed by atoms with E-state index in [0.717, 1.165) is 19.2 Å². The minimum absolute atomic E-state index is 0.431. The molecule has 2 nitrogen and oxygen atoms in total. The van der Waals surface area contributed by atoms with Crippen molar-refractivity contribution in [1.82, 2.24) is 5.32 Å². The van der Waals surface area contributed by atoms with Crippen LogP contribution < -0.4 is 5.32 Å². The molecular weight excluding hydrogens is 102 g/mol. The van der Waals surface area contributed by atoms with E-state index in [2.05, 4.69) is 5.32 Å². The summed E-state index contributed by atoms with van der Waals surface area (Å²) in [7, 11) is 0. The third-order valence-electron chi connectivity index (χ3n) is 1.42. The highest BCUT2D eigenvalue weighted by molar-refractivity contribution is 4.91. The summed E-state index contributed by atoms with van der Waals surface area (Å²) < 4.78 is 0. The predicted molar refractivity (Wildman–Crippen MR) is 32.8 cm³/mol. The smallest absolute Gasteiger partial charge is 0.0767 e. The van der Waals surface area contributed by atoms with Crippen molar-refractivity contribution in [2.75, 3.05) is 6.54 Å². The Bertz CT molecular complexity index is 84.5. The lowest BCUT2D eigenvalue weighted by Crippen LogP contribution is -2.17. The lowest BCUT2D eigenvalue weighted by Gasteiger charge is -1.98. The molecule has 0 aliphatic carbocycles. The normalized spacial score (nSPS) is 29.8. The molecule has 1 atom stereocenters. The number of nitrogens with one attached hydrogen (secondary N) is 1. The van der Waals surface area contributed by atoms with Gasteiger partial charge in [0.2, 0.25) is 0 Å². The summed E-state index contributed by atoms with van der Waals surface area (Å²) in [5, 5.41) is 11.5. The molecule has 0 amide bonds. The van der Waals surface area contributed by atoms with Gasteiger partial charge in [-0.25, -0.2) is 0 Å². The average Bonchev–Trinajstić information content (AvgIpc) is 2.19. The fourth-order valence-electron chi connectivity index (χ4n) is 0.980. The zero-order valence-corrected chi connectivity index (χ0v) is 4.80. The SMILES string of the molecule is O/C=C/[C@@H]1CCCN1. The van der Waals surface area contributed by atoms with Crippen LogP contribution in [0.4, 0.5) is 0 Å². The van der Waals surface area contributed by atoms with E-state index in [9.17, 15) is 0 Å². The highest BCUT2D eigenvalue weighted by atomic mass is 16.2. The predicted octanol–water partition coefficient (Wildman–Crippen LogP) is 0.810. The molecule has 0 aromatic carbocycles. The van der Waals surface area contributed by atoms with Crippen LogP contribution in [0.25, 0.3) is 0 Å². The second kappa shape index (κ2) is 2.72. The van der Waals surface area contributed by atoms with Gasteiger partial charge in [-0.2, -0.15) is 0 Å². The maximum Gasteiger partial charge on any atom is 0.0767 e. The van der Waals surface area contributed by atoms with E-state index in [1.54, 1.807) is 6.08 Å². The molecule has 0 aromatic heterocycles. The molecule has 2 N–H and O–H groups in total. The molecule has 1 rings (SSSR count). The summed E-state index contributed by atoms with van der Waals surface area (Å²) in [5.41, 5.74) is 0. The Balaban J connectivity index is 2.24.